The topological polar surface area (TPSA) is 67.9 Å². The Morgan fingerprint density at radius 2 is 1.58 bits per heavy atom. The number of nitrogens with zero attached hydrogens (tertiary/aromatic N) is 1. The molecule has 1 N–H and O–H groups in total. The molecule has 2 aliphatic heterocycles. The second-order valence-corrected chi connectivity index (χ2v) is 9.76. The van der Waals surface area contributed by atoms with Crippen molar-refractivity contribution in [2.75, 3.05) is 26.2 Å². The van der Waals surface area contributed by atoms with E-state index >= 15 is 0 Å². The van der Waals surface area contributed by atoms with Crippen LogP contribution in [-0.4, -0.2) is 57.2 Å². The lowest BCUT2D eigenvalue weighted by Gasteiger charge is -2.32. The quantitative estimate of drug-likeness (QED) is 0.772. The summed E-state index contributed by atoms with van der Waals surface area (Å²) in [5, 5.41) is 3.18. The molecule has 9 heteroatoms. The molecule has 0 aliphatic carbocycles. The first-order valence-electron chi connectivity index (χ1n) is 8.71. The monoisotopic (exact) mass is 402 g/mol. The van der Waals surface area contributed by atoms with Crippen LogP contribution in [0, 0.1) is 6.92 Å². The van der Waals surface area contributed by atoms with Gasteiger partial charge in [0.1, 0.15) is 0 Å². The van der Waals surface area contributed by atoms with Gasteiger partial charge in [0.05, 0.1) is 16.1 Å². The maximum Gasteiger partial charge on any atom is 0.494 e. The van der Waals surface area contributed by atoms with Crippen LogP contribution in [-0.2, 0) is 19.3 Å². The van der Waals surface area contributed by atoms with E-state index in [0.29, 0.717) is 31.1 Å². The normalized spacial score (nSPS) is 22.9. The number of hydrogen-bond donors (Lipinski definition) is 1. The Kier molecular flexibility index (Phi) is 6.17. The lowest BCUT2D eigenvalue weighted by molar-refractivity contribution is 0.00578. The van der Waals surface area contributed by atoms with Gasteiger partial charge in [-0.1, -0.05) is 11.6 Å². The van der Waals surface area contributed by atoms with Crippen molar-refractivity contribution in [3.05, 3.63) is 23.8 Å². The number of sulfonamides is 1. The third kappa shape index (κ3) is 3.95. The first kappa shape index (κ1) is 21.7. The molecule has 146 valence electrons. The third-order valence-electron chi connectivity index (χ3n) is 5.31. The molecule has 2 heterocycles. The molecule has 6 nitrogen and oxygen atoms in total. The van der Waals surface area contributed by atoms with Crippen LogP contribution in [0.5, 0.6) is 0 Å². The molecule has 2 aliphatic rings. The predicted octanol–water partition coefficient (Wildman–Crippen LogP) is 1.31. The van der Waals surface area contributed by atoms with Crippen molar-refractivity contribution in [1.82, 2.24) is 9.62 Å². The van der Waals surface area contributed by atoms with Crippen molar-refractivity contribution >= 4 is 35.0 Å². The molecule has 0 saturated carbocycles. The number of aryl methyl sites for hydroxylation is 1. The Balaban J connectivity index is 0.00000243. The zero-order valence-electron chi connectivity index (χ0n) is 16.0. The molecule has 0 bridgehead atoms. The smallest absolute Gasteiger partial charge is 0.399 e. The Labute approximate surface area is 163 Å². The minimum atomic E-state index is -3.51. The van der Waals surface area contributed by atoms with E-state index in [1.165, 1.54) is 4.31 Å². The summed E-state index contributed by atoms with van der Waals surface area (Å²) in [7, 11) is -4.08. The summed E-state index contributed by atoms with van der Waals surface area (Å²) >= 11 is 0. The second-order valence-electron chi connectivity index (χ2n) is 7.82. The van der Waals surface area contributed by atoms with Gasteiger partial charge in [-0.05, 0) is 52.2 Å². The van der Waals surface area contributed by atoms with Gasteiger partial charge in [-0.25, -0.2) is 8.42 Å². The number of rotatable bonds is 3. The number of nitrogens with one attached hydrogen (secondary N) is 1. The molecule has 1 aromatic carbocycles. The van der Waals surface area contributed by atoms with Gasteiger partial charge < -0.3 is 14.6 Å². The van der Waals surface area contributed by atoms with Gasteiger partial charge in [0, 0.05) is 26.2 Å². The fourth-order valence-corrected chi connectivity index (χ4v) is 4.66. The van der Waals surface area contributed by atoms with E-state index in [0.717, 1.165) is 11.0 Å². The van der Waals surface area contributed by atoms with Crippen LogP contribution in [0.15, 0.2) is 23.1 Å². The molecule has 2 fully saturated rings. The lowest BCUT2D eigenvalue weighted by Crippen LogP contribution is -2.46. The van der Waals surface area contributed by atoms with Crippen LogP contribution < -0.4 is 10.8 Å². The summed E-state index contributed by atoms with van der Waals surface area (Å²) in [5.41, 5.74) is 0.700. The number of benzene rings is 1. The Morgan fingerprint density at radius 3 is 2.12 bits per heavy atom. The summed E-state index contributed by atoms with van der Waals surface area (Å²) in [6.07, 6.45) is 0. The highest BCUT2D eigenvalue weighted by molar-refractivity contribution is 7.89. The van der Waals surface area contributed by atoms with E-state index in [1.807, 2.05) is 40.7 Å². The third-order valence-corrected chi connectivity index (χ3v) is 7.19. The van der Waals surface area contributed by atoms with Crippen LogP contribution in [0.1, 0.15) is 33.3 Å². The van der Waals surface area contributed by atoms with Gasteiger partial charge in [0.2, 0.25) is 10.0 Å². The van der Waals surface area contributed by atoms with Crippen molar-refractivity contribution in [2.24, 2.45) is 0 Å². The van der Waals surface area contributed by atoms with E-state index < -0.39 is 28.3 Å². The fourth-order valence-electron chi connectivity index (χ4n) is 3.07. The van der Waals surface area contributed by atoms with E-state index in [2.05, 4.69) is 5.32 Å². The van der Waals surface area contributed by atoms with Crippen LogP contribution in [0.4, 0.5) is 0 Å². The standard InChI is InChI=1S/C17H27BN2O4S.ClH/c1-13-10-14(18-23-16(2,3)17(4,5)24-18)12-15(11-13)25(21,22)20-8-6-19-7-9-20;/h10-12,19H,6-9H2,1-5H3;1H. The van der Waals surface area contributed by atoms with Gasteiger partial charge in [-0.3, -0.25) is 0 Å². The lowest BCUT2D eigenvalue weighted by atomic mass is 9.78. The predicted molar refractivity (Wildman–Crippen MR) is 106 cm³/mol. The fraction of sp³-hybridized carbons (Fsp3) is 0.647. The molecular weight excluding hydrogens is 375 g/mol. The van der Waals surface area contributed by atoms with Crippen LogP contribution in [0.25, 0.3) is 0 Å². The highest BCUT2D eigenvalue weighted by Gasteiger charge is 2.51. The van der Waals surface area contributed by atoms with Crippen molar-refractivity contribution in [3.63, 3.8) is 0 Å². The first-order chi connectivity index (χ1) is 11.5. The van der Waals surface area contributed by atoms with Crippen molar-refractivity contribution < 1.29 is 17.7 Å². The summed E-state index contributed by atoms with van der Waals surface area (Å²) in [6.45, 7) is 12.2. The molecule has 0 aromatic heterocycles. The summed E-state index contributed by atoms with van der Waals surface area (Å²) < 4.78 is 39.6. The van der Waals surface area contributed by atoms with Gasteiger partial charge >= 0.3 is 7.12 Å². The maximum atomic E-state index is 13.0. The summed E-state index contributed by atoms with van der Waals surface area (Å²) in [6, 6.07) is 5.33. The zero-order valence-corrected chi connectivity index (χ0v) is 17.7. The van der Waals surface area contributed by atoms with Gasteiger partial charge in [0.25, 0.3) is 0 Å². The number of piperazine rings is 1. The highest BCUT2D eigenvalue weighted by atomic mass is 35.5. The Morgan fingerprint density at radius 1 is 1.04 bits per heavy atom. The van der Waals surface area contributed by atoms with E-state index in [4.69, 9.17) is 9.31 Å². The van der Waals surface area contributed by atoms with E-state index in [1.54, 1.807) is 12.1 Å². The van der Waals surface area contributed by atoms with Crippen LogP contribution in [0.3, 0.4) is 0 Å². The van der Waals surface area contributed by atoms with Crippen molar-refractivity contribution in [1.29, 1.82) is 0 Å². The Hall–Kier alpha value is -0.635. The molecule has 26 heavy (non-hydrogen) atoms. The average Bonchev–Trinajstić information content (AvgIpc) is 2.76. The number of hydrogen-bond acceptors (Lipinski definition) is 5. The minimum absolute atomic E-state index is 0. The number of halogens is 1. The van der Waals surface area contributed by atoms with Crippen LogP contribution in [0.2, 0.25) is 0 Å². The molecule has 2 saturated heterocycles. The molecule has 0 spiro atoms. The van der Waals surface area contributed by atoms with E-state index in [-0.39, 0.29) is 12.4 Å². The first-order valence-corrected chi connectivity index (χ1v) is 10.2. The van der Waals surface area contributed by atoms with Gasteiger partial charge in [-0.15, -0.1) is 12.4 Å². The maximum absolute atomic E-state index is 13.0. The molecular formula is C17H28BClN2O4S. The summed E-state index contributed by atoms with van der Waals surface area (Å²) in [4.78, 5) is 0.305. The molecule has 3 rings (SSSR count). The minimum Gasteiger partial charge on any atom is -0.399 e. The highest BCUT2D eigenvalue weighted by Crippen LogP contribution is 2.36. The SMILES string of the molecule is Cc1cc(B2OC(C)(C)C(C)(C)O2)cc(S(=O)(=O)N2CCNCC2)c1.Cl. The molecule has 1 aromatic rings. The van der Waals surface area contributed by atoms with Gasteiger partial charge in [0.15, 0.2) is 0 Å². The van der Waals surface area contributed by atoms with Crippen LogP contribution >= 0.6 is 12.4 Å². The largest absolute Gasteiger partial charge is 0.494 e. The van der Waals surface area contributed by atoms with Gasteiger partial charge in [-0.2, -0.15) is 4.31 Å². The molecule has 0 radical (unpaired) electrons. The second kappa shape index (κ2) is 7.41. The van der Waals surface area contributed by atoms with Crippen molar-refractivity contribution in [2.45, 2.75) is 50.7 Å². The molecule has 0 atom stereocenters. The average molecular weight is 403 g/mol. The van der Waals surface area contributed by atoms with Crippen molar-refractivity contribution in [3.8, 4) is 0 Å². The zero-order chi connectivity index (χ0) is 18.5. The van der Waals surface area contributed by atoms with E-state index in [9.17, 15) is 8.42 Å². The molecule has 0 amide bonds. The summed E-state index contributed by atoms with van der Waals surface area (Å²) in [5.74, 6) is 0. The Bertz CT molecular complexity index is 748. The molecule has 0 unspecified atom stereocenters.